The largest absolute Gasteiger partial charge is 0.533 e. The number of nitrogens with zero attached hydrogens (tertiary/aromatic N) is 9. The number of quaternary nitrogens is 1. The lowest BCUT2D eigenvalue weighted by Crippen LogP contribution is -2.59. The first kappa shape index (κ1) is 29.8. The molecule has 1 fully saturated rings. The number of rotatable bonds is 9. The van der Waals surface area contributed by atoms with Gasteiger partial charge in [-0.15, -0.1) is 10.2 Å². The van der Waals surface area contributed by atoms with Gasteiger partial charge in [-0.3, -0.25) is 9.74 Å². The van der Waals surface area contributed by atoms with Crippen molar-refractivity contribution >= 4 is 24.2 Å². The standard InChI is InChI=1S/C27H32F2N9O5/c1-18(2)42-26(40)43-34-16-31-38(4,17-34)14-27(41,23-10-5-20(28)13-24(23)29)19(3)35-11-12-36(25(35)39)21-6-8-22(9-7-21)37-15-30-32-33-37/h5-10,13,15-16,18-19,41H,11-12,14,17H2,1-4H3/q+1/t19-,27-,38?/m1/s1. The number of hydrogen-bond donors (Lipinski definition) is 1. The Labute approximate surface area is 245 Å². The van der Waals surface area contributed by atoms with Crippen molar-refractivity contribution in [2.24, 2.45) is 5.10 Å². The lowest BCUT2D eigenvalue weighted by Gasteiger charge is -2.42. The second kappa shape index (κ2) is 11.5. The lowest BCUT2D eigenvalue weighted by molar-refractivity contribution is -0.926. The summed E-state index contributed by atoms with van der Waals surface area (Å²) >= 11 is 0. The Bertz CT molecular complexity index is 1510. The quantitative estimate of drug-likeness (QED) is 0.290. The van der Waals surface area contributed by atoms with Gasteiger partial charge in [0.15, 0.2) is 11.9 Å². The maximum Gasteiger partial charge on any atom is 0.533 e. The van der Waals surface area contributed by atoms with Crippen molar-refractivity contribution in [1.82, 2.24) is 30.2 Å². The molecule has 1 saturated heterocycles. The van der Waals surface area contributed by atoms with Crippen molar-refractivity contribution in [3.05, 3.63) is 66.0 Å². The summed E-state index contributed by atoms with van der Waals surface area (Å²) in [6.07, 6.45) is 1.37. The average molecular weight is 601 g/mol. The van der Waals surface area contributed by atoms with Gasteiger partial charge in [-0.25, -0.2) is 23.1 Å². The Morgan fingerprint density at radius 3 is 2.49 bits per heavy atom. The highest BCUT2D eigenvalue weighted by Crippen LogP contribution is 2.36. The first-order valence-electron chi connectivity index (χ1n) is 13.5. The molecule has 0 saturated carbocycles. The molecule has 3 atom stereocenters. The van der Waals surface area contributed by atoms with E-state index in [1.807, 2.05) is 0 Å². The van der Waals surface area contributed by atoms with E-state index in [0.717, 1.165) is 17.2 Å². The Balaban J connectivity index is 1.38. The maximum atomic E-state index is 15.3. The van der Waals surface area contributed by atoms with E-state index in [9.17, 15) is 19.1 Å². The molecule has 1 N–H and O–H groups in total. The van der Waals surface area contributed by atoms with Gasteiger partial charge in [0.25, 0.3) is 0 Å². The zero-order valence-corrected chi connectivity index (χ0v) is 24.0. The average Bonchev–Trinajstić information content (AvgIpc) is 3.68. The van der Waals surface area contributed by atoms with Gasteiger partial charge in [-0.2, -0.15) is 4.59 Å². The van der Waals surface area contributed by atoms with E-state index in [1.165, 1.54) is 22.2 Å². The minimum Gasteiger partial charge on any atom is -0.430 e. The third-order valence-electron chi connectivity index (χ3n) is 7.38. The number of benzene rings is 2. The van der Waals surface area contributed by atoms with Crippen molar-refractivity contribution in [2.45, 2.75) is 38.5 Å². The second-order valence-corrected chi connectivity index (χ2v) is 10.9. The van der Waals surface area contributed by atoms with Crippen LogP contribution < -0.4 is 4.90 Å². The number of hydroxylamine groups is 2. The molecular formula is C27H32F2N9O5+. The van der Waals surface area contributed by atoms with Gasteiger partial charge in [-0.05, 0) is 67.6 Å². The van der Waals surface area contributed by atoms with Gasteiger partial charge in [0.1, 0.15) is 24.5 Å². The zero-order chi connectivity index (χ0) is 30.9. The summed E-state index contributed by atoms with van der Waals surface area (Å²) in [4.78, 5) is 33.8. The van der Waals surface area contributed by atoms with E-state index in [4.69, 9.17) is 9.57 Å². The smallest absolute Gasteiger partial charge is 0.430 e. The number of aliphatic hydroxyl groups is 1. The van der Waals surface area contributed by atoms with Gasteiger partial charge in [-0.1, -0.05) is 5.10 Å². The number of carbonyl (C=O) groups is 2. The Kier molecular flexibility index (Phi) is 7.98. The molecular weight excluding hydrogens is 568 g/mol. The maximum absolute atomic E-state index is 15.3. The van der Waals surface area contributed by atoms with Crippen LogP contribution in [0.1, 0.15) is 26.3 Å². The summed E-state index contributed by atoms with van der Waals surface area (Å²) < 4.78 is 35.4. The van der Waals surface area contributed by atoms with Crippen LogP contribution in [0, 0.1) is 11.6 Å². The van der Waals surface area contributed by atoms with Crippen LogP contribution >= 0.6 is 0 Å². The van der Waals surface area contributed by atoms with Gasteiger partial charge >= 0.3 is 12.2 Å². The number of urea groups is 1. The Hall–Kier alpha value is -4.70. The van der Waals surface area contributed by atoms with E-state index in [1.54, 1.807) is 57.0 Å². The number of tetrazole rings is 1. The third kappa shape index (κ3) is 6.10. The van der Waals surface area contributed by atoms with Gasteiger partial charge < -0.3 is 14.7 Å². The SMILES string of the molecule is CC(C)OC(=O)ON1C=N[N+](C)(C[C@](O)(c2ccc(F)cc2F)[C@@H](C)N2CCN(c3ccc(-n4cnnn4)cc3)C2=O)C1. The fourth-order valence-electron chi connectivity index (χ4n) is 5.29. The molecule has 0 bridgehead atoms. The number of aromatic nitrogens is 4. The number of anilines is 1. The molecule has 0 radical (unpaired) electrons. The van der Waals surface area contributed by atoms with Crippen molar-refractivity contribution in [3.63, 3.8) is 0 Å². The minimum atomic E-state index is -2.05. The molecule has 14 nitrogen and oxygen atoms in total. The number of carbonyl (C=O) groups excluding carboxylic acids is 2. The highest BCUT2D eigenvalue weighted by Gasteiger charge is 2.52. The van der Waals surface area contributed by atoms with Gasteiger partial charge in [0.2, 0.25) is 6.67 Å². The van der Waals surface area contributed by atoms with Gasteiger partial charge in [0.05, 0.1) is 24.9 Å². The molecule has 0 aliphatic carbocycles. The van der Waals surface area contributed by atoms with Gasteiger partial charge in [0, 0.05) is 30.4 Å². The van der Waals surface area contributed by atoms with Crippen LogP contribution in [0.4, 0.5) is 24.1 Å². The molecule has 3 heterocycles. The van der Waals surface area contributed by atoms with Crippen LogP contribution in [0.5, 0.6) is 0 Å². The molecule has 43 heavy (non-hydrogen) atoms. The molecule has 16 heteroatoms. The molecule has 2 aliphatic rings. The number of amides is 2. The van der Waals surface area contributed by atoms with Crippen molar-refractivity contribution in [2.75, 3.05) is 38.3 Å². The predicted molar refractivity (Wildman–Crippen MR) is 147 cm³/mol. The molecule has 1 aromatic heterocycles. The molecule has 0 spiro atoms. The summed E-state index contributed by atoms with van der Waals surface area (Å²) in [5.74, 6) is -1.79. The first-order valence-corrected chi connectivity index (χ1v) is 13.5. The Morgan fingerprint density at radius 2 is 1.84 bits per heavy atom. The van der Waals surface area contributed by atoms with Crippen LogP contribution in [0.25, 0.3) is 5.69 Å². The highest BCUT2D eigenvalue weighted by molar-refractivity contribution is 5.94. The number of halogens is 2. The summed E-state index contributed by atoms with van der Waals surface area (Å²) in [7, 11) is 1.64. The zero-order valence-electron chi connectivity index (χ0n) is 24.0. The summed E-state index contributed by atoms with van der Waals surface area (Å²) in [6.45, 7) is 5.18. The predicted octanol–water partition coefficient (Wildman–Crippen LogP) is 2.60. The van der Waals surface area contributed by atoms with Crippen LogP contribution in [-0.2, 0) is 15.2 Å². The second-order valence-electron chi connectivity index (χ2n) is 10.9. The minimum absolute atomic E-state index is 0.0429. The van der Waals surface area contributed by atoms with E-state index < -0.39 is 41.6 Å². The summed E-state index contributed by atoms with van der Waals surface area (Å²) in [6, 6.07) is 8.52. The van der Waals surface area contributed by atoms with Crippen molar-refractivity contribution < 1.29 is 37.6 Å². The third-order valence-corrected chi connectivity index (χ3v) is 7.38. The molecule has 228 valence electrons. The molecule has 2 aromatic carbocycles. The summed E-state index contributed by atoms with van der Waals surface area (Å²) in [5.41, 5.74) is -0.942. The summed E-state index contributed by atoms with van der Waals surface area (Å²) in [5, 5.41) is 28.9. The van der Waals surface area contributed by atoms with Crippen LogP contribution in [0.3, 0.4) is 0 Å². The van der Waals surface area contributed by atoms with Crippen LogP contribution in [0.2, 0.25) is 0 Å². The van der Waals surface area contributed by atoms with Crippen molar-refractivity contribution in [3.8, 4) is 5.69 Å². The Morgan fingerprint density at radius 1 is 1.12 bits per heavy atom. The fraction of sp³-hybridized carbons (Fsp3) is 0.407. The molecule has 3 aromatic rings. The highest BCUT2D eigenvalue weighted by atomic mass is 19.1. The monoisotopic (exact) mass is 600 g/mol. The van der Waals surface area contributed by atoms with E-state index in [0.29, 0.717) is 24.0 Å². The molecule has 1 unspecified atom stereocenters. The lowest BCUT2D eigenvalue weighted by atomic mass is 9.85. The topological polar surface area (TPSA) is 139 Å². The van der Waals surface area contributed by atoms with E-state index >= 15 is 4.39 Å². The first-order chi connectivity index (χ1) is 20.4. The number of likely N-dealkylation sites (N-methyl/N-ethyl adjacent to an activating group) is 1. The van der Waals surface area contributed by atoms with Crippen molar-refractivity contribution in [1.29, 1.82) is 0 Å². The fourth-order valence-corrected chi connectivity index (χ4v) is 5.29. The van der Waals surface area contributed by atoms with Crippen LogP contribution in [-0.4, -0.2) is 104 Å². The molecule has 2 amide bonds. The molecule has 2 aliphatic heterocycles. The normalized spacial score (nSPS) is 20.6. The van der Waals surface area contributed by atoms with E-state index in [-0.39, 0.29) is 29.9 Å². The number of ether oxygens (including phenoxy) is 1. The van der Waals surface area contributed by atoms with Crippen LogP contribution in [0.15, 0.2) is 53.9 Å². The number of hydrogen-bond acceptors (Lipinski definition) is 10. The molecule has 5 rings (SSSR count). The van der Waals surface area contributed by atoms with E-state index in [2.05, 4.69) is 20.6 Å².